The van der Waals surface area contributed by atoms with Gasteiger partial charge in [0.25, 0.3) is 0 Å². The average Bonchev–Trinajstić information content (AvgIpc) is 3.70. The molecular formula is C45H72O17. The maximum atomic E-state index is 14.6. The van der Waals surface area contributed by atoms with Gasteiger partial charge in [0.05, 0.1) is 37.6 Å². The van der Waals surface area contributed by atoms with E-state index < -0.39 is 110 Å². The van der Waals surface area contributed by atoms with Crippen LogP contribution >= 0.6 is 0 Å². The van der Waals surface area contributed by atoms with Crippen LogP contribution in [0.5, 0.6) is 0 Å². The Balaban J connectivity index is 0.875. The Labute approximate surface area is 363 Å². The molecule has 0 aromatic carbocycles. The minimum atomic E-state index is -1.72. The first-order valence-electron chi connectivity index (χ1n) is 23.5. The van der Waals surface area contributed by atoms with Crippen molar-refractivity contribution < 1.29 is 83.5 Å². The molecule has 9 rings (SSSR count). The van der Waals surface area contributed by atoms with Gasteiger partial charge in [0.15, 0.2) is 24.7 Å². The number of aliphatic hydroxyl groups is 8. The minimum absolute atomic E-state index is 0.0221. The Morgan fingerprint density at radius 2 is 1.32 bits per heavy atom. The van der Waals surface area contributed by atoms with E-state index in [9.17, 15) is 45.6 Å². The summed E-state index contributed by atoms with van der Waals surface area (Å²) in [5.41, 5.74) is -0.538. The molecule has 8 N–H and O–H groups in total. The summed E-state index contributed by atoms with van der Waals surface area (Å²) < 4.78 is 49.3. The Hall–Kier alpha value is -0.970. The molecule has 5 aliphatic heterocycles. The molecule has 0 bridgehead atoms. The van der Waals surface area contributed by atoms with Gasteiger partial charge in [0.2, 0.25) is 0 Å². The van der Waals surface area contributed by atoms with E-state index in [4.69, 9.17) is 37.9 Å². The van der Waals surface area contributed by atoms with Gasteiger partial charge in [-0.25, -0.2) is 0 Å². The molecule has 0 amide bonds. The van der Waals surface area contributed by atoms with Crippen molar-refractivity contribution in [3.8, 4) is 0 Å². The van der Waals surface area contributed by atoms with Crippen LogP contribution < -0.4 is 0 Å². The number of fused-ring (bicyclic) bond motifs is 7. The Bertz CT molecular complexity index is 1610. The summed E-state index contributed by atoms with van der Waals surface area (Å²) in [5.74, 6) is 1.74. The molecule has 62 heavy (non-hydrogen) atoms. The van der Waals surface area contributed by atoms with Crippen molar-refractivity contribution in [2.24, 2.45) is 52.3 Å². The zero-order valence-electron chi connectivity index (χ0n) is 36.9. The SMILES string of the molecule is C[C@@H]1CC[C@@]2(OC1)O[C@H]1C[C@H]3[C@@H]4CC[C@H]5C[C@@H](O[C@@H]6O[C@H](CO[C@@H]7O[C@@H](C)[C@H](O)[C@@H](O)[C@H]7O)[C@@H](O[C@@H]7O[C@@H](C)[C@H](O)[C@@H](O)[C@H]7O)[C@H](O)[C@H]6O)CC[C@]5(C)[C@H]4CC(=O)[C@]3(C)[C@H]1[C@@H]2C. The molecule has 0 aromatic heterocycles. The molecular weight excluding hydrogens is 812 g/mol. The molecule has 0 aromatic rings. The molecule has 0 radical (unpaired) electrons. The van der Waals surface area contributed by atoms with Crippen LogP contribution in [0, 0.1) is 52.3 Å². The van der Waals surface area contributed by atoms with Gasteiger partial charge < -0.3 is 78.7 Å². The molecule has 0 unspecified atom stereocenters. The monoisotopic (exact) mass is 884 g/mol. The molecule has 5 heterocycles. The van der Waals surface area contributed by atoms with Gasteiger partial charge in [-0.2, -0.15) is 0 Å². The fourth-order valence-electron chi connectivity index (χ4n) is 14.2. The van der Waals surface area contributed by atoms with Crippen molar-refractivity contribution >= 4 is 5.78 Å². The van der Waals surface area contributed by atoms with Crippen LogP contribution in [0.2, 0.25) is 0 Å². The predicted molar refractivity (Wildman–Crippen MR) is 213 cm³/mol. The van der Waals surface area contributed by atoms with Crippen LogP contribution in [0.3, 0.4) is 0 Å². The lowest BCUT2D eigenvalue weighted by atomic mass is 9.44. The topological polar surface area (TPSA) is 253 Å². The summed E-state index contributed by atoms with van der Waals surface area (Å²) in [6.07, 6.45) is -14.3. The molecule has 354 valence electrons. The highest BCUT2D eigenvalue weighted by atomic mass is 16.8. The third kappa shape index (κ3) is 7.39. The van der Waals surface area contributed by atoms with E-state index in [-0.39, 0.29) is 47.2 Å². The maximum Gasteiger partial charge on any atom is 0.187 e. The standard InChI is InChI=1S/C45H72O17/c1-18-9-12-45(56-16-18)19(2)30-27(62-45)14-26-24-8-7-22-13-23(10-11-43(22,5)25(24)15-29(46)44(26,30)6)59-42-38(54)35(51)39(61-41-37(53)34(50)32(48)21(4)58-41)28(60-42)17-55-40-36(52)33(49)31(47)20(3)57-40/h18-28,30-42,47-54H,7-17H2,1-6H3/t18-,19+,20+,21+,22+,23+,24-,25+,26+,27+,28-,30+,31+,32+,33-,34-,35-,36-,37-,38-,39-,40-,41+,42-,43+,44-,45-/m1/s1. The average molecular weight is 885 g/mol. The molecule has 9 aliphatic rings. The summed E-state index contributed by atoms with van der Waals surface area (Å²) in [4.78, 5) is 14.6. The normalized spacial score (nSPS) is 59.0. The van der Waals surface area contributed by atoms with E-state index in [1.807, 2.05) is 0 Å². The second-order valence-electron chi connectivity index (χ2n) is 21.4. The van der Waals surface area contributed by atoms with Gasteiger partial charge in [0.1, 0.15) is 66.8 Å². The van der Waals surface area contributed by atoms with Crippen molar-refractivity contribution in [1.29, 1.82) is 0 Å². The first-order chi connectivity index (χ1) is 29.3. The Morgan fingerprint density at radius 3 is 2.00 bits per heavy atom. The van der Waals surface area contributed by atoms with Gasteiger partial charge >= 0.3 is 0 Å². The summed E-state index contributed by atoms with van der Waals surface area (Å²) >= 11 is 0. The van der Waals surface area contributed by atoms with E-state index >= 15 is 0 Å². The van der Waals surface area contributed by atoms with Gasteiger partial charge in [-0.3, -0.25) is 4.79 Å². The van der Waals surface area contributed by atoms with Gasteiger partial charge in [-0.05, 0) is 93.8 Å². The minimum Gasteiger partial charge on any atom is -0.388 e. The van der Waals surface area contributed by atoms with Crippen molar-refractivity contribution in [1.82, 2.24) is 0 Å². The number of hydrogen-bond donors (Lipinski definition) is 8. The summed E-state index contributed by atoms with van der Waals surface area (Å²) in [6.45, 7) is 12.3. The smallest absolute Gasteiger partial charge is 0.187 e. The second-order valence-corrected chi connectivity index (χ2v) is 21.4. The number of Topliss-reactive ketones (excluding diaryl/α,β-unsaturated/α-hetero) is 1. The van der Waals surface area contributed by atoms with Crippen molar-refractivity contribution in [2.75, 3.05) is 13.2 Å². The molecule has 9 fully saturated rings. The number of hydrogen-bond acceptors (Lipinski definition) is 17. The number of carbonyl (C=O) groups excluding carboxylic acids is 1. The predicted octanol–water partition coefficient (Wildman–Crippen LogP) is 0.501. The zero-order chi connectivity index (χ0) is 44.4. The second kappa shape index (κ2) is 17.0. The van der Waals surface area contributed by atoms with Crippen molar-refractivity contribution in [2.45, 2.75) is 209 Å². The van der Waals surface area contributed by atoms with Crippen molar-refractivity contribution in [3.05, 3.63) is 0 Å². The van der Waals surface area contributed by atoms with Crippen LogP contribution in [0.4, 0.5) is 0 Å². The van der Waals surface area contributed by atoms with E-state index in [1.54, 1.807) is 0 Å². The fraction of sp³-hybridized carbons (Fsp3) is 0.978. The number of aliphatic hydroxyl groups excluding tert-OH is 8. The molecule has 4 saturated carbocycles. The zero-order valence-corrected chi connectivity index (χ0v) is 36.9. The highest BCUT2D eigenvalue weighted by molar-refractivity contribution is 5.87. The third-order valence-corrected chi connectivity index (χ3v) is 18.1. The van der Waals surface area contributed by atoms with E-state index in [0.29, 0.717) is 43.5 Å². The van der Waals surface area contributed by atoms with Crippen LogP contribution in [0.15, 0.2) is 0 Å². The first kappa shape index (κ1) is 46.2. The van der Waals surface area contributed by atoms with E-state index in [1.165, 1.54) is 13.8 Å². The lowest BCUT2D eigenvalue weighted by molar-refractivity contribution is -0.369. The van der Waals surface area contributed by atoms with Gasteiger partial charge in [-0.1, -0.05) is 27.7 Å². The highest BCUT2D eigenvalue weighted by Crippen LogP contribution is 2.70. The third-order valence-electron chi connectivity index (χ3n) is 18.1. The number of ketones is 1. The lowest BCUT2D eigenvalue weighted by Crippen LogP contribution is -2.65. The first-order valence-corrected chi connectivity index (χ1v) is 23.5. The highest BCUT2D eigenvalue weighted by Gasteiger charge is 2.72. The van der Waals surface area contributed by atoms with Gasteiger partial charge in [-0.15, -0.1) is 0 Å². The van der Waals surface area contributed by atoms with E-state index in [2.05, 4.69) is 27.7 Å². The largest absolute Gasteiger partial charge is 0.388 e. The van der Waals surface area contributed by atoms with Crippen LogP contribution in [-0.2, 0) is 42.7 Å². The Kier molecular flexibility index (Phi) is 12.6. The molecule has 5 saturated heterocycles. The number of carbonyl (C=O) groups is 1. The summed E-state index contributed by atoms with van der Waals surface area (Å²) in [7, 11) is 0. The van der Waals surface area contributed by atoms with Crippen molar-refractivity contribution in [3.63, 3.8) is 0 Å². The van der Waals surface area contributed by atoms with E-state index in [0.717, 1.165) is 38.5 Å². The Morgan fingerprint density at radius 1 is 0.677 bits per heavy atom. The summed E-state index contributed by atoms with van der Waals surface area (Å²) in [6, 6.07) is 0. The molecule has 17 heteroatoms. The summed E-state index contributed by atoms with van der Waals surface area (Å²) in [5, 5.41) is 85.8. The molecule has 17 nitrogen and oxygen atoms in total. The maximum absolute atomic E-state index is 14.6. The molecule has 27 atom stereocenters. The van der Waals surface area contributed by atoms with Gasteiger partial charge in [0, 0.05) is 30.1 Å². The van der Waals surface area contributed by atoms with Crippen LogP contribution in [0.1, 0.15) is 99.3 Å². The number of rotatable bonds is 7. The lowest BCUT2D eigenvalue weighted by Gasteiger charge is -2.60. The fourth-order valence-corrected chi connectivity index (χ4v) is 14.2. The molecule has 4 aliphatic carbocycles. The van der Waals surface area contributed by atoms with Crippen LogP contribution in [0.25, 0.3) is 0 Å². The van der Waals surface area contributed by atoms with Crippen LogP contribution in [-0.4, -0.2) is 170 Å². The quantitative estimate of drug-likeness (QED) is 0.162. The molecule has 1 spiro atoms. The number of ether oxygens (including phenoxy) is 8.